The van der Waals surface area contributed by atoms with Crippen LogP contribution >= 0.6 is 0 Å². The number of likely N-dealkylation sites (tertiary alicyclic amines) is 1. The summed E-state index contributed by atoms with van der Waals surface area (Å²) in [6.07, 6.45) is 5.02. The number of hydrogen-bond acceptors (Lipinski definition) is 3. The van der Waals surface area contributed by atoms with Gasteiger partial charge < -0.3 is 10.6 Å². The molecule has 0 radical (unpaired) electrons. The van der Waals surface area contributed by atoms with Crippen molar-refractivity contribution in [2.24, 2.45) is 17.6 Å². The van der Waals surface area contributed by atoms with E-state index in [2.05, 4.69) is 9.80 Å². The van der Waals surface area contributed by atoms with Crippen LogP contribution in [0.15, 0.2) is 24.3 Å². The van der Waals surface area contributed by atoms with Crippen LogP contribution in [0.3, 0.4) is 0 Å². The Morgan fingerprint density at radius 3 is 2.41 bits per heavy atom. The van der Waals surface area contributed by atoms with Gasteiger partial charge in [0.1, 0.15) is 5.82 Å². The van der Waals surface area contributed by atoms with E-state index in [4.69, 9.17) is 5.73 Å². The molecule has 1 aromatic carbocycles. The van der Waals surface area contributed by atoms with Gasteiger partial charge >= 0.3 is 0 Å². The third-order valence-corrected chi connectivity index (χ3v) is 5.84. The lowest BCUT2D eigenvalue weighted by molar-refractivity contribution is 0.197. The minimum absolute atomic E-state index is 0.0991. The van der Waals surface area contributed by atoms with Crippen molar-refractivity contribution < 1.29 is 4.39 Å². The lowest BCUT2D eigenvalue weighted by Gasteiger charge is -2.38. The van der Waals surface area contributed by atoms with E-state index in [1.54, 1.807) is 12.1 Å². The van der Waals surface area contributed by atoms with Crippen LogP contribution in [0.25, 0.3) is 0 Å². The van der Waals surface area contributed by atoms with Gasteiger partial charge in [-0.3, -0.25) is 4.90 Å². The highest BCUT2D eigenvalue weighted by Gasteiger charge is 2.42. The zero-order valence-electron chi connectivity index (χ0n) is 13.1. The molecule has 2 saturated heterocycles. The molecule has 3 fully saturated rings. The molecule has 0 unspecified atom stereocenters. The fourth-order valence-electron chi connectivity index (χ4n) is 4.39. The van der Waals surface area contributed by atoms with Crippen LogP contribution in [-0.4, -0.2) is 43.2 Å². The Labute approximate surface area is 132 Å². The zero-order chi connectivity index (χ0) is 15.1. The first kappa shape index (κ1) is 14.5. The molecule has 120 valence electrons. The first-order valence-electron chi connectivity index (χ1n) is 8.71. The maximum Gasteiger partial charge on any atom is 0.146 e. The first-order chi connectivity index (χ1) is 10.7. The molecule has 1 aromatic rings. The minimum atomic E-state index is -0.0991. The summed E-state index contributed by atoms with van der Waals surface area (Å²) >= 11 is 0. The summed E-state index contributed by atoms with van der Waals surface area (Å²) in [4.78, 5) is 4.81. The van der Waals surface area contributed by atoms with E-state index in [9.17, 15) is 4.39 Å². The molecule has 2 atom stereocenters. The van der Waals surface area contributed by atoms with Gasteiger partial charge in [0.2, 0.25) is 0 Å². The lowest BCUT2D eigenvalue weighted by atomic mass is 9.99. The van der Waals surface area contributed by atoms with Gasteiger partial charge in [-0.25, -0.2) is 4.39 Å². The van der Waals surface area contributed by atoms with Gasteiger partial charge in [0.15, 0.2) is 0 Å². The molecule has 22 heavy (non-hydrogen) atoms. The van der Waals surface area contributed by atoms with E-state index in [0.29, 0.717) is 12.1 Å². The Hall–Kier alpha value is -1.13. The fourth-order valence-corrected chi connectivity index (χ4v) is 4.39. The molecule has 3 nitrogen and oxygen atoms in total. The Bertz CT molecular complexity index is 523. The van der Waals surface area contributed by atoms with E-state index in [1.807, 2.05) is 12.1 Å². The quantitative estimate of drug-likeness (QED) is 0.931. The maximum atomic E-state index is 13.9. The van der Waals surface area contributed by atoms with Gasteiger partial charge in [-0.1, -0.05) is 12.1 Å². The molecule has 3 aliphatic rings. The summed E-state index contributed by atoms with van der Waals surface area (Å²) < 4.78 is 13.9. The second-order valence-corrected chi connectivity index (χ2v) is 7.29. The lowest BCUT2D eigenvalue weighted by Crippen LogP contribution is -2.45. The highest BCUT2D eigenvalue weighted by atomic mass is 19.1. The third kappa shape index (κ3) is 2.74. The van der Waals surface area contributed by atoms with Crippen molar-refractivity contribution >= 4 is 5.69 Å². The fraction of sp³-hybridized carbons (Fsp3) is 0.667. The molecule has 2 heterocycles. The average Bonchev–Trinajstić information content (AvgIpc) is 3.31. The second kappa shape index (κ2) is 5.82. The summed E-state index contributed by atoms with van der Waals surface area (Å²) in [5.41, 5.74) is 7.11. The van der Waals surface area contributed by atoms with Gasteiger partial charge in [-0.15, -0.1) is 0 Å². The standard InChI is InChI=1S/C18H26FN3/c19-16-3-1-2-4-18(16)21-9-7-14(8-10-21)22-11-15(13-5-6-13)17(20)12-22/h1-4,13-15,17H,5-12,20H2/t15-,17+/m0/s1. The van der Waals surface area contributed by atoms with Gasteiger partial charge in [-0.2, -0.15) is 0 Å². The van der Waals surface area contributed by atoms with E-state index < -0.39 is 0 Å². The molecule has 1 aliphatic carbocycles. The molecule has 2 aliphatic heterocycles. The summed E-state index contributed by atoms with van der Waals surface area (Å²) in [6.45, 7) is 4.15. The molecule has 0 bridgehead atoms. The molecule has 1 saturated carbocycles. The van der Waals surface area contributed by atoms with E-state index in [1.165, 1.54) is 19.4 Å². The predicted octanol–water partition coefficient (Wildman–Crippen LogP) is 2.46. The number of halogens is 1. The number of rotatable bonds is 3. The van der Waals surface area contributed by atoms with Crippen molar-refractivity contribution in [3.8, 4) is 0 Å². The second-order valence-electron chi connectivity index (χ2n) is 7.29. The molecule has 0 aromatic heterocycles. The van der Waals surface area contributed by atoms with Crippen LogP contribution in [0, 0.1) is 17.7 Å². The summed E-state index contributed by atoms with van der Waals surface area (Å²) in [5, 5.41) is 0. The van der Waals surface area contributed by atoms with Crippen molar-refractivity contribution in [1.29, 1.82) is 0 Å². The van der Waals surface area contributed by atoms with Gasteiger partial charge in [-0.05, 0) is 49.7 Å². The Morgan fingerprint density at radius 1 is 1.00 bits per heavy atom. The van der Waals surface area contributed by atoms with Crippen LogP contribution in [0.1, 0.15) is 25.7 Å². The van der Waals surface area contributed by atoms with Crippen molar-refractivity contribution in [1.82, 2.24) is 4.90 Å². The molecular weight excluding hydrogens is 277 g/mol. The average molecular weight is 303 g/mol. The summed E-state index contributed by atoms with van der Waals surface area (Å²) in [7, 11) is 0. The maximum absolute atomic E-state index is 13.9. The topological polar surface area (TPSA) is 32.5 Å². The number of hydrogen-bond donors (Lipinski definition) is 1. The normalized spacial score (nSPS) is 30.9. The van der Waals surface area contributed by atoms with Crippen molar-refractivity contribution in [3.05, 3.63) is 30.1 Å². The molecule has 4 heteroatoms. The predicted molar refractivity (Wildman–Crippen MR) is 87.4 cm³/mol. The monoisotopic (exact) mass is 303 g/mol. The van der Waals surface area contributed by atoms with Crippen LogP contribution in [0.5, 0.6) is 0 Å². The van der Waals surface area contributed by atoms with Gasteiger partial charge in [0.05, 0.1) is 5.69 Å². The number of anilines is 1. The molecule has 0 amide bonds. The molecule has 4 rings (SSSR count). The SMILES string of the molecule is N[C@@H]1CN(C2CCN(c3ccccc3F)CC2)C[C@H]1C1CC1. The van der Waals surface area contributed by atoms with Crippen LogP contribution < -0.4 is 10.6 Å². The highest BCUT2D eigenvalue weighted by Crippen LogP contribution is 2.41. The Kier molecular flexibility index (Phi) is 3.82. The minimum Gasteiger partial charge on any atom is -0.369 e. The molecular formula is C18H26FN3. The zero-order valence-corrected chi connectivity index (χ0v) is 13.1. The number of piperidine rings is 1. The highest BCUT2D eigenvalue weighted by molar-refractivity contribution is 5.47. The first-order valence-corrected chi connectivity index (χ1v) is 8.71. The number of nitrogens with two attached hydrogens (primary N) is 1. The molecule has 2 N–H and O–H groups in total. The smallest absolute Gasteiger partial charge is 0.146 e. The van der Waals surface area contributed by atoms with Crippen LogP contribution in [0.2, 0.25) is 0 Å². The van der Waals surface area contributed by atoms with Gasteiger partial charge in [0.25, 0.3) is 0 Å². The van der Waals surface area contributed by atoms with Crippen molar-refractivity contribution in [3.63, 3.8) is 0 Å². The summed E-state index contributed by atoms with van der Waals surface area (Å²) in [5.74, 6) is 1.53. The van der Waals surface area contributed by atoms with Crippen molar-refractivity contribution in [2.75, 3.05) is 31.1 Å². The number of nitrogens with zero attached hydrogens (tertiary/aromatic N) is 2. The van der Waals surface area contributed by atoms with Crippen molar-refractivity contribution in [2.45, 2.75) is 37.8 Å². The van der Waals surface area contributed by atoms with E-state index >= 15 is 0 Å². The Balaban J connectivity index is 1.35. The summed E-state index contributed by atoms with van der Waals surface area (Å²) in [6, 6.07) is 8.14. The Morgan fingerprint density at radius 2 is 1.73 bits per heavy atom. The van der Waals surface area contributed by atoms with E-state index in [-0.39, 0.29) is 5.82 Å². The number of para-hydroxylation sites is 1. The van der Waals surface area contributed by atoms with E-state index in [0.717, 1.165) is 50.0 Å². The molecule has 0 spiro atoms. The van der Waals surface area contributed by atoms with Gasteiger partial charge in [0, 0.05) is 38.3 Å². The third-order valence-electron chi connectivity index (χ3n) is 5.84. The van der Waals surface area contributed by atoms with Crippen LogP contribution in [0.4, 0.5) is 10.1 Å². The largest absolute Gasteiger partial charge is 0.369 e. The van der Waals surface area contributed by atoms with Crippen LogP contribution in [-0.2, 0) is 0 Å². The number of benzene rings is 1.